The number of pyridine rings is 1. The fourth-order valence-corrected chi connectivity index (χ4v) is 2.93. The fourth-order valence-electron chi connectivity index (χ4n) is 2.93. The fraction of sp³-hybridized carbons (Fsp3) is 0.438. The maximum absolute atomic E-state index is 13.4. The Labute approximate surface area is 148 Å². The Hall–Kier alpha value is -2.46. The summed E-state index contributed by atoms with van der Waals surface area (Å²) in [5.41, 5.74) is 1.31. The third-order valence-electron chi connectivity index (χ3n) is 4.28. The summed E-state index contributed by atoms with van der Waals surface area (Å²) in [6, 6.07) is 1.65. The van der Waals surface area contributed by atoms with Gasteiger partial charge in [-0.15, -0.1) is 0 Å². The molecule has 3 heterocycles. The molecule has 3 rings (SSSR count). The van der Waals surface area contributed by atoms with Crippen molar-refractivity contribution in [3.63, 3.8) is 0 Å². The van der Waals surface area contributed by atoms with Gasteiger partial charge in [-0.25, -0.2) is 0 Å². The summed E-state index contributed by atoms with van der Waals surface area (Å²) >= 11 is 0. The summed E-state index contributed by atoms with van der Waals surface area (Å²) < 4.78 is 40.2. The lowest BCUT2D eigenvalue weighted by atomic mass is 10.1. The average Bonchev–Trinajstić information content (AvgIpc) is 3.12. The Morgan fingerprint density at radius 2 is 1.96 bits per heavy atom. The van der Waals surface area contributed by atoms with Crippen molar-refractivity contribution in [2.45, 2.75) is 12.2 Å². The molecule has 10 heteroatoms. The topological polar surface area (TPSA) is 85.9 Å². The summed E-state index contributed by atoms with van der Waals surface area (Å²) in [5, 5.41) is 12.0. The molecule has 0 aromatic carbocycles. The summed E-state index contributed by atoms with van der Waals surface area (Å²) in [6.45, 7) is 1.05. The van der Waals surface area contributed by atoms with E-state index < -0.39 is 24.7 Å². The number of carbonyl (C=O) groups excluding carboxylic acids is 1. The second-order valence-electron chi connectivity index (χ2n) is 5.95. The van der Waals surface area contributed by atoms with E-state index in [2.05, 4.69) is 25.8 Å². The molecular weight excluding hydrogens is 349 g/mol. The van der Waals surface area contributed by atoms with Crippen LogP contribution in [0.5, 0.6) is 0 Å². The first-order valence-corrected chi connectivity index (χ1v) is 8.20. The number of amides is 1. The van der Waals surface area contributed by atoms with Crippen molar-refractivity contribution in [3.8, 4) is 11.3 Å². The van der Waals surface area contributed by atoms with Crippen LogP contribution in [0.4, 0.5) is 13.2 Å². The van der Waals surface area contributed by atoms with Crippen molar-refractivity contribution in [1.82, 2.24) is 30.7 Å². The largest absolute Gasteiger partial charge is 0.405 e. The molecule has 2 aromatic rings. The van der Waals surface area contributed by atoms with Crippen molar-refractivity contribution in [1.29, 1.82) is 0 Å². The first-order chi connectivity index (χ1) is 12.5. The van der Waals surface area contributed by atoms with Crippen LogP contribution in [0.25, 0.3) is 11.3 Å². The number of aromatic amines is 1. The molecule has 2 aromatic heterocycles. The number of nitrogens with zero attached hydrogens (tertiary/aromatic N) is 3. The zero-order valence-corrected chi connectivity index (χ0v) is 13.9. The molecule has 1 unspecified atom stereocenters. The predicted octanol–water partition coefficient (Wildman–Crippen LogP) is 1.04. The Kier molecular flexibility index (Phi) is 5.52. The van der Waals surface area contributed by atoms with Crippen LogP contribution < -0.4 is 10.6 Å². The van der Waals surface area contributed by atoms with Crippen molar-refractivity contribution >= 4 is 5.91 Å². The number of nitrogens with one attached hydrogen (secondary N) is 3. The van der Waals surface area contributed by atoms with Crippen molar-refractivity contribution < 1.29 is 18.0 Å². The van der Waals surface area contributed by atoms with Crippen LogP contribution in [0.2, 0.25) is 0 Å². The predicted molar refractivity (Wildman–Crippen MR) is 88.4 cm³/mol. The van der Waals surface area contributed by atoms with Gasteiger partial charge < -0.3 is 10.6 Å². The van der Waals surface area contributed by atoms with Crippen molar-refractivity contribution in [3.05, 3.63) is 36.3 Å². The third-order valence-corrected chi connectivity index (χ3v) is 4.28. The minimum Gasteiger partial charge on any atom is -0.350 e. The van der Waals surface area contributed by atoms with E-state index in [-0.39, 0.29) is 18.7 Å². The van der Waals surface area contributed by atoms with Crippen LogP contribution in [0.15, 0.2) is 30.7 Å². The van der Waals surface area contributed by atoms with Gasteiger partial charge in [0.05, 0.1) is 17.5 Å². The number of H-pyrrole nitrogens is 1. The van der Waals surface area contributed by atoms with E-state index in [1.165, 1.54) is 11.1 Å². The van der Waals surface area contributed by atoms with Crippen LogP contribution in [-0.2, 0) is 0 Å². The molecule has 1 saturated heterocycles. The minimum atomic E-state index is -4.42. The molecule has 3 N–H and O–H groups in total. The molecule has 0 radical (unpaired) electrons. The van der Waals surface area contributed by atoms with Gasteiger partial charge in [-0.3, -0.25) is 19.8 Å². The van der Waals surface area contributed by atoms with Gasteiger partial charge in [-0.05, 0) is 12.1 Å². The SMILES string of the molecule is O=C(NCC(N1CCNCC1)C(F)(F)F)c1cn[nH]c1-c1ccncc1. The molecular formula is C16H19F3N6O. The normalized spacial score (nSPS) is 17.0. The highest BCUT2D eigenvalue weighted by Gasteiger charge is 2.43. The second-order valence-corrected chi connectivity index (χ2v) is 5.95. The first-order valence-electron chi connectivity index (χ1n) is 8.20. The Morgan fingerprint density at radius 1 is 1.27 bits per heavy atom. The molecule has 140 valence electrons. The van der Waals surface area contributed by atoms with Gasteiger partial charge in [0.25, 0.3) is 5.91 Å². The van der Waals surface area contributed by atoms with Crippen LogP contribution in [0.1, 0.15) is 10.4 Å². The molecule has 0 aliphatic carbocycles. The van der Waals surface area contributed by atoms with Crippen LogP contribution >= 0.6 is 0 Å². The van der Waals surface area contributed by atoms with Gasteiger partial charge in [-0.2, -0.15) is 18.3 Å². The number of carbonyl (C=O) groups is 1. The lowest BCUT2D eigenvalue weighted by Gasteiger charge is -2.35. The maximum Gasteiger partial charge on any atom is 0.405 e. The molecule has 0 saturated carbocycles. The molecule has 1 aliphatic heterocycles. The third kappa shape index (κ3) is 4.20. The van der Waals surface area contributed by atoms with Crippen LogP contribution in [0.3, 0.4) is 0 Å². The van der Waals surface area contributed by atoms with Gasteiger partial charge >= 0.3 is 6.18 Å². The van der Waals surface area contributed by atoms with Gasteiger partial charge in [0.1, 0.15) is 6.04 Å². The highest BCUT2D eigenvalue weighted by molar-refractivity contribution is 5.99. The standard InChI is InChI=1S/C16H19F3N6O/c17-16(18,19)13(25-7-5-21-6-8-25)10-22-15(26)12-9-23-24-14(12)11-1-3-20-4-2-11/h1-4,9,13,21H,5-8,10H2,(H,22,26)(H,23,24). The van der Waals surface area contributed by atoms with E-state index in [0.29, 0.717) is 24.3 Å². The second kappa shape index (κ2) is 7.83. The Morgan fingerprint density at radius 3 is 2.62 bits per heavy atom. The monoisotopic (exact) mass is 368 g/mol. The van der Waals surface area contributed by atoms with Gasteiger partial charge in [0, 0.05) is 50.7 Å². The molecule has 1 atom stereocenters. The number of rotatable bonds is 5. The summed E-state index contributed by atoms with van der Waals surface area (Å²) in [6.07, 6.45) is -0.00266. The number of halogens is 3. The smallest absolute Gasteiger partial charge is 0.350 e. The number of piperazine rings is 1. The average molecular weight is 368 g/mol. The maximum atomic E-state index is 13.4. The molecule has 1 fully saturated rings. The number of alkyl halides is 3. The van der Waals surface area contributed by atoms with Crippen molar-refractivity contribution in [2.75, 3.05) is 32.7 Å². The lowest BCUT2D eigenvalue weighted by molar-refractivity contribution is -0.183. The summed E-state index contributed by atoms with van der Waals surface area (Å²) in [7, 11) is 0. The minimum absolute atomic E-state index is 0.192. The molecule has 0 bridgehead atoms. The lowest BCUT2D eigenvalue weighted by Crippen LogP contribution is -2.57. The van der Waals surface area contributed by atoms with Crippen molar-refractivity contribution in [2.24, 2.45) is 0 Å². The molecule has 7 nitrogen and oxygen atoms in total. The van der Waals surface area contributed by atoms with E-state index >= 15 is 0 Å². The van der Waals surface area contributed by atoms with E-state index in [9.17, 15) is 18.0 Å². The van der Waals surface area contributed by atoms with E-state index in [1.807, 2.05) is 0 Å². The van der Waals surface area contributed by atoms with Gasteiger partial charge in [0.15, 0.2) is 0 Å². The molecule has 26 heavy (non-hydrogen) atoms. The molecule has 0 spiro atoms. The van der Waals surface area contributed by atoms with Crippen LogP contribution in [-0.4, -0.2) is 70.9 Å². The quantitative estimate of drug-likeness (QED) is 0.734. The highest BCUT2D eigenvalue weighted by Crippen LogP contribution is 2.25. The zero-order chi connectivity index (χ0) is 18.6. The summed E-state index contributed by atoms with van der Waals surface area (Å²) in [4.78, 5) is 17.7. The number of hydrogen-bond acceptors (Lipinski definition) is 5. The molecule has 1 amide bonds. The van der Waals surface area contributed by atoms with E-state index in [1.54, 1.807) is 24.5 Å². The first kappa shape index (κ1) is 18.3. The highest BCUT2D eigenvalue weighted by atomic mass is 19.4. The van der Waals surface area contributed by atoms with Crippen LogP contribution in [0, 0.1) is 0 Å². The zero-order valence-electron chi connectivity index (χ0n) is 13.9. The number of aromatic nitrogens is 3. The Balaban J connectivity index is 1.70. The Bertz CT molecular complexity index is 727. The number of hydrogen-bond donors (Lipinski definition) is 3. The summed E-state index contributed by atoms with van der Waals surface area (Å²) in [5.74, 6) is -0.602. The molecule has 1 aliphatic rings. The van der Waals surface area contributed by atoms with Gasteiger partial charge in [-0.1, -0.05) is 0 Å². The van der Waals surface area contributed by atoms with Gasteiger partial charge in [0.2, 0.25) is 0 Å². The van der Waals surface area contributed by atoms with E-state index in [0.717, 1.165) is 0 Å². The van der Waals surface area contributed by atoms with E-state index in [4.69, 9.17) is 0 Å².